The second kappa shape index (κ2) is 9.29. The molecule has 0 unspecified atom stereocenters. The first-order valence-corrected chi connectivity index (χ1v) is 11.5. The van der Waals surface area contributed by atoms with Crippen molar-refractivity contribution in [2.75, 3.05) is 6.61 Å². The molecule has 0 saturated carbocycles. The molecule has 1 saturated heterocycles. The fraction of sp³-hybridized carbons (Fsp3) is 0.500. The Morgan fingerprint density at radius 1 is 1.18 bits per heavy atom. The molecule has 7 heteroatoms. The van der Waals surface area contributed by atoms with Crippen LogP contribution in [0.25, 0.3) is 0 Å². The van der Waals surface area contributed by atoms with Crippen LogP contribution < -0.4 is 9.47 Å². The molecule has 178 valence electrons. The van der Waals surface area contributed by atoms with Crippen LogP contribution in [0.5, 0.6) is 11.5 Å². The Hall–Kier alpha value is -2.67. The molecule has 33 heavy (non-hydrogen) atoms. The van der Waals surface area contributed by atoms with Gasteiger partial charge < -0.3 is 19.3 Å². The molecule has 1 fully saturated rings. The number of halogens is 2. The van der Waals surface area contributed by atoms with Crippen LogP contribution in [0.3, 0.4) is 0 Å². The predicted octanol–water partition coefficient (Wildman–Crippen LogP) is 5.70. The Kier molecular flexibility index (Phi) is 6.61. The molecule has 0 aliphatic carbocycles. The minimum Gasteiger partial charge on any atom is -0.494 e. The van der Waals surface area contributed by atoms with E-state index in [1.54, 1.807) is 0 Å². The van der Waals surface area contributed by atoms with E-state index >= 15 is 0 Å². The standard InChI is InChI=1S/C26H30F2O5/c1-4-9-31-18-6-8-23-19(13-18)24-21(26(2,3)33-23)14-20(25(29)30)22(32-24)7-5-15-10-16(27)12-17(28)11-15/h6,8,10-13,20-22,24H,4-5,7,9,14H2,1-3H3,(H,29,30)/t20-,21-,22-,24+/m0/s1. The fourth-order valence-corrected chi connectivity index (χ4v) is 4.97. The zero-order valence-electron chi connectivity index (χ0n) is 19.1. The highest BCUT2D eigenvalue weighted by Gasteiger charge is 2.52. The van der Waals surface area contributed by atoms with E-state index in [0.717, 1.165) is 18.1 Å². The van der Waals surface area contributed by atoms with E-state index < -0.39 is 35.2 Å². The van der Waals surface area contributed by atoms with Gasteiger partial charge >= 0.3 is 5.97 Å². The van der Waals surface area contributed by atoms with Crippen molar-refractivity contribution in [3.8, 4) is 11.5 Å². The van der Waals surface area contributed by atoms with Gasteiger partial charge in [-0.25, -0.2) is 8.78 Å². The largest absolute Gasteiger partial charge is 0.494 e. The topological polar surface area (TPSA) is 65.0 Å². The maximum atomic E-state index is 13.6. The highest BCUT2D eigenvalue weighted by molar-refractivity contribution is 5.71. The number of benzene rings is 2. The smallest absolute Gasteiger partial charge is 0.309 e. The second-order valence-corrected chi connectivity index (χ2v) is 9.45. The van der Waals surface area contributed by atoms with Crippen LogP contribution in [0.2, 0.25) is 0 Å². The molecule has 0 radical (unpaired) electrons. The molecule has 2 heterocycles. The van der Waals surface area contributed by atoms with Gasteiger partial charge in [0.1, 0.15) is 28.7 Å². The lowest BCUT2D eigenvalue weighted by molar-refractivity contribution is -0.188. The number of carbonyl (C=O) groups is 1. The first-order valence-electron chi connectivity index (χ1n) is 11.5. The molecule has 0 aromatic heterocycles. The third-order valence-corrected chi connectivity index (χ3v) is 6.63. The maximum absolute atomic E-state index is 13.6. The number of hydrogen-bond donors (Lipinski definition) is 1. The Balaban J connectivity index is 1.62. The molecule has 0 amide bonds. The molecule has 0 bridgehead atoms. The maximum Gasteiger partial charge on any atom is 0.309 e. The first-order chi connectivity index (χ1) is 15.7. The summed E-state index contributed by atoms with van der Waals surface area (Å²) in [4.78, 5) is 12.1. The molecular weight excluding hydrogens is 430 g/mol. The van der Waals surface area contributed by atoms with Crippen molar-refractivity contribution in [1.82, 2.24) is 0 Å². The molecule has 2 aliphatic heterocycles. The van der Waals surface area contributed by atoms with Gasteiger partial charge in [-0.15, -0.1) is 0 Å². The van der Waals surface area contributed by atoms with Crippen LogP contribution in [-0.4, -0.2) is 29.4 Å². The average Bonchev–Trinajstić information content (AvgIpc) is 2.75. The Morgan fingerprint density at radius 2 is 1.91 bits per heavy atom. The third-order valence-electron chi connectivity index (χ3n) is 6.63. The summed E-state index contributed by atoms with van der Waals surface area (Å²) < 4.78 is 45.7. The van der Waals surface area contributed by atoms with Crippen molar-refractivity contribution in [3.63, 3.8) is 0 Å². The van der Waals surface area contributed by atoms with Crippen molar-refractivity contribution in [2.24, 2.45) is 11.8 Å². The lowest BCUT2D eigenvalue weighted by Gasteiger charge is -2.50. The number of carboxylic acid groups (broad SMARTS) is 1. The zero-order valence-corrected chi connectivity index (χ0v) is 19.1. The SMILES string of the molecule is CCCOc1ccc2c(c1)[C@H]1O[C@@H](CCc3cc(F)cc(F)c3)[C@@H](C(=O)O)C[C@@H]1C(C)(C)O2. The molecule has 5 nitrogen and oxygen atoms in total. The van der Waals surface area contributed by atoms with E-state index in [0.29, 0.717) is 42.9 Å². The molecule has 4 atom stereocenters. The lowest BCUT2D eigenvalue weighted by atomic mass is 9.71. The zero-order chi connectivity index (χ0) is 23.8. The monoisotopic (exact) mass is 460 g/mol. The summed E-state index contributed by atoms with van der Waals surface area (Å²) in [6.07, 6.45) is 0.954. The van der Waals surface area contributed by atoms with Gasteiger partial charge in [0.25, 0.3) is 0 Å². The summed E-state index contributed by atoms with van der Waals surface area (Å²) >= 11 is 0. The van der Waals surface area contributed by atoms with E-state index in [1.165, 1.54) is 12.1 Å². The molecule has 0 spiro atoms. The molecule has 2 aromatic rings. The van der Waals surface area contributed by atoms with E-state index in [-0.39, 0.29) is 12.0 Å². The summed E-state index contributed by atoms with van der Waals surface area (Å²) in [5, 5.41) is 9.93. The van der Waals surface area contributed by atoms with Crippen LogP contribution in [0.4, 0.5) is 8.78 Å². The van der Waals surface area contributed by atoms with E-state index in [2.05, 4.69) is 0 Å². The summed E-state index contributed by atoms with van der Waals surface area (Å²) in [7, 11) is 0. The minimum absolute atomic E-state index is 0.171. The number of fused-ring (bicyclic) bond motifs is 3. The predicted molar refractivity (Wildman–Crippen MR) is 118 cm³/mol. The van der Waals surface area contributed by atoms with E-state index in [1.807, 2.05) is 39.0 Å². The van der Waals surface area contributed by atoms with Crippen molar-refractivity contribution in [3.05, 3.63) is 59.2 Å². The fourth-order valence-electron chi connectivity index (χ4n) is 4.97. The number of rotatable bonds is 7. The lowest BCUT2D eigenvalue weighted by Crippen LogP contribution is -2.52. The van der Waals surface area contributed by atoms with Gasteiger partial charge in [-0.3, -0.25) is 4.79 Å². The molecule has 2 aromatic carbocycles. The van der Waals surface area contributed by atoms with Crippen LogP contribution in [-0.2, 0) is 16.0 Å². The van der Waals surface area contributed by atoms with Gasteiger partial charge in [-0.2, -0.15) is 0 Å². The third kappa shape index (κ3) is 4.98. The Morgan fingerprint density at radius 3 is 2.58 bits per heavy atom. The molecular formula is C26H30F2O5. The van der Waals surface area contributed by atoms with Gasteiger partial charge in [0.2, 0.25) is 0 Å². The summed E-state index contributed by atoms with van der Waals surface area (Å²) in [6.45, 7) is 6.53. The number of carboxylic acids is 1. The Labute approximate surface area is 192 Å². The van der Waals surface area contributed by atoms with Crippen molar-refractivity contribution < 1.29 is 32.9 Å². The van der Waals surface area contributed by atoms with Gasteiger partial charge in [0, 0.05) is 17.5 Å². The normalized spacial score (nSPS) is 25.5. The quantitative estimate of drug-likeness (QED) is 0.574. The van der Waals surface area contributed by atoms with Crippen molar-refractivity contribution in [2.45, 2.75) is 64.3 Å². The van der Waals surface area contributed by atoms with Crippen molar-refractivity contribution >= 4 is 5.97 Å². The highest BCUT2D eigenvalue weighted by Crippen LogP contribution is 2.53. The van der Waals surface area contributed by atoms with Gasteiger partial charge in [0.15, 0.2) is 0 Å². The van der Waals surface area contributed by atoms with E-state index in [9.17, 15) is 18.7 Å². The highest BCUT2D eigenvalue weighted by atomic mass is 19.1. The Bertz CT molecular complexity index is 1000. The van der Waals surface area contributed by atoms with Gasteiger partial charge in [-0.1, -0.05) is 6.92 Å². The van der Waals surface area contributed by atoms with Crippen LogP contribution in [0.1, 0.15) is 57.3 Å². The molecule has 2 aliphatic rings. The summed E-state index contributed by atoms with van der Waals surface area (Å²) in [5.41, 5.74) is 0.706. The number of ether oxygens (including phenoxy) is 3. The molecule has 1 N–H and O–H groups in total. The van der Waals surface area contributed by atoms with Crippen LogP contribution in [0.15, 0.2) is 36.4 Å². The summed E-state index contributed by atoms with van der Waals surface area (Å²) in [6, 6.07) is 9.02. The van der Waals surface area contributed by atoms with Gasteiger partial charge in [0.05, 0.1) is 24.7 Å². The number of aryl methyl sites for hydroxylation is 1. The van der Waals surface area contributed by atoms with E-state index in [4.69, 9.17) is 14.2 Å². The van der Waals surface area contributed by atoms with Crippen LogP contribution in [0, 0.1) is 23.5 Å². The van der Waals surface area contributed by atoms with Crippen molar-refractivity contribution in [1.29, 1.82) is 0 Å². The second-order valence-electron chi connectivity index (χ2n) is 9.45. The van der Waals surface area contributed by atoms with Crippen LogP contribution >= 0.6 is 0 Å². The average molecular weight is 461 g/mol. The first kappa shape index (κ1) is 23.5. The summed E-state index contributed by atoms with van der Waals surface area (Å²) in [5.74, 6) is -1.74. The molecule has 4 rings (SSSR count). The number of hydrogen-bond acceptors (Lipinski definition) is 4. The minimum atomic E-state index is -0.939. The number of aliphatic carboxylic acids is 1. The van der Waals surface area contributed by atoms with Gasteiger partial charge in [-0.05, 0) is 75.4 Å².